The van der Waals surface area contributed by atoms with E-state index in [2.05, 4.69) is 13.0 Å². The molecule has 3 nitrogen and oxygen atoms in total. The lowest BCUT2D eigenvalue weighted by Gasteiger charge is -2.52. The second kappa shape index (κ2) is 5.51. The Bertz CT molecular complexity index is 414. The Hall–Kier alpha value is -0.830. The lowest BCUT2D eigenvalue weighted by atomic mass is 9.64. The Balaban J connectivity index is 1.89. The summed E-state index contributed by atoms with van der Waals surface area (Å²) in [4.78, 5) is 11.8. The van der Waals surface area contributed by atoms with Crippen molar-refractivity contribution >= 4 is 5.97 Å². The van der Waals surface area contributed by atoms with Crippen LogP contribution in [0.2, 0.25) is 0 Å². The van der Waals surface area contributed by atoms with Gasteiger partial charge in [0.25, 0.3) is 0 Å². The quantitative estimate of drug-likeness (QED) is 0.571. The van der Waals surface area contributed by atoms with Crippen molar-refractivity contribution < 1.29 is 14.3 Å². The third-order valence-corrected chi connectivity index (χ3v) is 5.49. The summed E-state index contributed by atoms with van der Waals surface area (Å²) < 4.78 is 11.4. The van der Waals surface area contributed by atoms with Crippen molar-refractivity contribution in [3.63, 3.8) is 0 Å². The van der Waals surface area contributed by atoms with Gasteiger partial charge in [0.2, 0.25) is 0 Å². The molecule has 0 aromatic rings. The number of rotatable bonds is 2. The van der Waals surface area contributed by atoms with E-state index in [0.717, 1.165) is 12.8 Å². The highest BCUT2D eigenvalue weighted by Crippen LogP contribution is 2.51. The molecule has 0 amide bonds. The molecular formula is C17H26O3. The molecule has 2 aliphatic carbocycles. The molecule has 0 spiro atoms. The molecule has 3 aliphatic rings. The summed E-state index contributed by atoms with van der Waals surface area (Å²) in [5.41, 5.74) is 1.23. The third-order valence-electron chi connectivity index (χ3n) is 5.49. The van der Waals surface area contributed by atoms with E-state index >= 15 is 0 Å². The maximum Gasteiger partial charge on any atom is 0.308 e. The Labute approximate surface area is 121 Å². The second-order valence-electron chi connectivity index (χ2n) is 6.80. The maximum absolute atomic E-state index is 11.8. The molecule has 1 heterocycles. The van der Waals surface area contributed by atoms with Gasteiger partial charge < -0.3 is 9.47 Å². The smallest absolute Gasteiger partial charge is 0.308 e. The van der Waals surface area contributed by atoms with Crippen LogP contribution in [-0.4, -0.2) is 24.8 Å². The van der Waals surface area contributed by atoms with Gasteiger partial charge in [-0.2, -0.15) is 0 Å². The molecule has 20 heavy (non-hydrogen) atoms. The van der Waals surface area contributed by atoms with Crippen LogP contribution in [0.5, 0.6) is 0 Å². The molecule has 3 heteroatoms. The predicted molar refractivity (Wildman–Crippen MR) is 77.3 cm³/mol. The molecule has 0 N–H and O–H groups in total. The summed E-state index contributed by atoms with van der Waals surface area (Å²) in [6.45, 7) is 2.12. The number of esters is 1. The molecular weight excluding hydrogens is 252 g/mol. The van der Waals surface area contributed by atoms with Crippen LogP contribution >= 0.6 is 0 Å². The number of methoxy groups -OCH3 is 1. The first-order valence-corrected chi connectivity index (χ1v) is 8.08. The molecule has 1 saturated heterocycles. The summed E-state index contributed by atoms with van der Waals surface area (Å²) >= 11 is 0. The van der Waals surface area contributed by atoms with Crippen LogP contribution in [0.4, 0.5) is 0 Å². The summed E-state index contributed by atoms with van der Waals surface area (Å²) in [5, 5.41) is 0. The van der Waals surface area contributed by atoms with Crippen LogP contribution in [-0.2, 0) is 14.3 Å². The van der Waals surface area contributed by atoms with E-state index in [9.17, 15) is 4.79 Å². The highest BCUT2D eigenvalue weighted by atomic mass is 16.5. The number of hydrogen-bond acceptors (Lipinski definition) is 3. The summed E-state index contributed by atoms with van der Waals surface area (Å²) in [6, 6.07) is 0. The second-order valence-corrected chi connectivity index (χ2v) is 6.80. The molecule has 0 bridgehead atoms. The number of carbonyl (C=O) groups excluding carboxylic acids is 1. The number of carbonyl (C=O) groups is 1. The van der Waals surface area contributed by atoms with E-state index < -0.39 is 0 Å². The van der Waals surface area contributed by atoms with Crippen LogP contribution in [0.1, 0.15) is 58.3 Å². The predicted octanol–water partition coefficient (Wildman–Crippen LogP) is 3.62. The van der Waals surface area contributed by atoms with Gasteiger partial charge in [-0.1, -0.05) is 24.5 Å². The van der Waals surface area contributed by atoms with Crippen molar-refractivity contribution in [2.75, 3.05) is 7.11 Å². The van der Waals surface area contributed by atoms with E-state index in [0.29, 0.717) is 24.4 Å². The molecule has 2 fully saturated rings. The number of ether oxygens (including phenoxy) is 2. The van der Waals surface area contributed by atoms with Crippen LogP contribution in [0.25, 0.3) is 0 Å². The number of fused-ring (bicyclic) bond motifs is 3. The van der Waals surface area contributed by atoms with Gasteiger partial charge in [-0.25, -0.2) is 0 Å². The minimum atomic E-state index is -0.363. The fourth-order valence-electron chi connectivity index (χ4n) is 4.54. The zero-order valence-corrected chi connectivity index (χ0v) is 12.7. The normalized spacial score (nSPS) is 40.3. The third kappa shape index (κ3) is 2.41. The Kier molecular flexibility index (Phi) is 3.89. The van der Waals surface area contributed by atoms with E-state index in [1.165, 1.54) is 39.2 Å². The maximum atomic E-state index is 11.8. The van der Waals surface area contributed by atoms with Crippen molar-refractivity contribution in [3.8, 4) is 0 Å². The number of hydrogen-bond donors (Lipinski definition) is 0. The molecule has 0 radical (unpaired) electrons. The summed E-state index contributed by atoms with van der Waals surface area (Å²) in [6.07, 6.45) is 11.7. The van der Waals surface area contributed by atoms with Gasteiger partial charge in [-0.3, -0.25) is 4.79 Å². The number of allylic oxidation sites excluding steroid dienone is 1. The van der Waals surface area contributed by atoms with Crippen molar-refractivity contribution in [3.05, 3.63) is 11.6 Å². The van der Waals surface area contributed by atoms with E-state index in [-0.39, 0.29) is 11.6 Å². The molecule has 1 aliphatic heterocycles. The van der Waals surface area contributed by atoms with Crippen molar-refractivity contribution in [2.24, 2.45) is 11.8 Å². The average molecular weight is 278 g/mol. The zero-order chi connectivity index (χ0) is 14.2. The van der Waals surface area contributed by atoms with E-state index in [4.69, 9.17) is 9.47 Å². The monoisotopic (exact) mass is 278 g/mol. The standard InChI is InChI=1S/C17H26O3/c1-17(11-16(18)19-2)14-9-5-3-7-12(14)13-8-4-6-10-15(13)20-17/h7,13-15H,3-6,8-11H2,1-2H3. The minimum absolute atomic E-state index is 0.147. The first-order valence-electron chi connectivity index (χ1n) is 8.08. The highest BCUT2D eigenvalue weighted by Gasteiger charge is 2.50. The van der Waals surface area contributed by atoms with Crippen LogP contribution in [0, 0.1) is 11.8 Å². The molecule has 1 saturated carbocycles. The van der Waals surface area contributed by atoms with Crippen LogP contribution < -0.4 is 0 Å². The molecule has 0 aromatic heterocycles. The largest absolute Gasteiger partial charge is 0.469 e. The molecule has 4 unspecified atom stereocenters. The molecule has 4 atom stereocenters. The molecule has 0 aromatic carbocycles. The fraction of sp³-hybridized carbons (Fsp3) is 0.824. The van der Waals surface area contributed by atoms with Gasteiger partial charge >= 0.3 is 5.97 Å². The average Bonchev–Trinajstić information content (AvgIpc) is 2.47. The van der Waals surface area contributed by atoms with Gasteiger partial charge in [0.15, 0.2) is 0 Å². The van der Waals surface area contributed by atoms with Gasteiger partial charge in [0, 0.05) is 11.8 Å². The topological polar surface area (TPSA) is 35.5 Å². The van der Waals surface area contributed by atoms with Gasteiger partial charge in [-0.05, 0) is 39.0 Å². The fourth-order valence-corrected chi connectivity index (χ4v) is 4.54. The van der Waals surface area contributed by atoms with Crippen LogP contribution in [0.3, 0.4) is 0 Å². The van der Waals surface area contributed by atoms with E-state index in [1.54, 1.807) is 5.57 Å². The minimum Gasteiger partial charge on any atom is -0.469 e. The van der Waals surface area contributed by atoms with Gasteiger partial charge in [0.05, 0.1) is 25.2 Å². The Morgan fingerprint density at radius 2 is 2.15 bits per heavy atom. The zero-order valence-electron chi connectivity index (χ0n) is 12.7. The SMILES string of the molecule is COC(=O)CC1(C)OC2CCCCC2C2=CCCCC21. The molecule has 112 valence electrons. The molecule has 3 rings (SSSR count). The van der Waals surface area contributed by atoms with Gasteiger partial charge in [-0.15, -0.1) is 0 Å². The van der Waals surface area contributed by atoms with E-state index in [1.807, 2.05) is 0 Å². The Morgan fingerprint density at radius 3 is 2.95 bits per heavy atom. The Morgan fingerprint density at radius 1 is 1.35 bits per heavy atom. The lowest BCUT2D eigenvalue weighted by molar-refractivity contribution is -0.181. The first-order chi connectivity index (χ1) is 9.64. The van der Waals surface area contributed by atoms with Gasteiger partial charge in [0.1, 0.15) is 0 Å². The van der Waals surface area contributed by atoms with Crippen molar-refractivity contribution in [1.82, 2.24) is 0 Å². The highest BCUT2D eigenvalue weighted by molar-refractivity contribution is 5.70. The van der Waals surface area contributed by atoms with Crippen molar-refractivity contribution in [2.45, 2.75) is 70.0 Å². The van der Waals surface area contributed by atoms with Crippen LogP contribution in [0.15, 0.2) is 11.6 Å². The summed E-state index contributed by atoms with van der Waals surface area (Å²) in [7, 11) is 1.47. The first kappa shape index (κ1) is 14.1. The summed E-state index contributed by atoms with van der Waals surface area (Å²) in [5.74, 6) is 0.876. The lowest BCUT2D eigenvalue weighted by Crippen LogP contribution is -2.53. The van der Waals surface area contributed by atoms with Crippen molar-refractivity contribution in [1.29, 1.82) is 0 Å².